The molecule has 0 unspecified atom stereocenters. The molecule has 0 aliphatic heterocycles. The van der Waals surface area contributed by atoms with Gasteiger partial charge < -0.3 is 14.1 Å². The van der Waals surface area contributed by atoms with Crippen LogP contribution < -0.4 is 5.56 Å². The van der Waals surface area contributed by atoms with Gasteiger partial charge in [-0.3, -0.25) is 4.79 Å². The van der Waals surface area contributed by atoms with E-state index in [0.717, 1.165) is 5.56 Å². The average Bonchev–Trinajstić information content (AvgIpc) is 3.15. The Morgan fingerprint density at radius 1 is 1.15 bits per heavy atom. The van der Waals surface area contributed by atoms with E-state index in [9.17, 15) is 9.59 Å². The Kier molecular flexibility index (Phi) is 4.48. The summed E-state index contributed by atoms with van der Waals surface area (Å²) in [4.78, 5) is 31.0. The van der Waals surface area contributed by atoms with E-state index >= 15 is 0 Å². The fourth-order valence-corrected chi connectivity index (χ4v) is 2.83. The number of ether oxygens (including phenoxy) is 1. The van der Waals surface area contributed by atoms with E-state index in [4.69, 9.17) is 20.8 Å². The first kappa shape index (κ1) is 17.1. The fourth-order valence-electron chi connectivity index (χ4n) is 2.70. The number of rotatable bonds is 4. The van der Waals surface area contributed by atoms with Gasteiger partial charge in [-0.1, -0.05) is 29.8 Å². The molecule has 7 heteroatoms. The van der Waals surface area contributed by atoms with Gasteiger partial charge in [-0.25, -0.2) is 9.78 Å². The van der Waals surface area contributed by atoms with Gasteiger partial charge in [0.25, 0.3) is 0 Å². The third-order valence-electron chi connectivity index (χ3n) is 3.98. The lowest BCUT2D eigenvalue weighted by atomic mass is 10.1. The monoisotopic (exact) mass is 380 g/mol. The number of hydrogen-bond donors (Lipinski definition) is 1. The molecule has 2 aromatic carbocycles. The van der Waals surface area contributed by atoms with Gasteiger partial charge in [0.05, 0.1) is 11.8 Å². The van der Waals surface area contributed by atoms with Crippen LogP contribution >= 0.6 is 11.6 Å². The number of aromatic nitrogens is 2. The number of benzene rings is 2. The number of hydrogen-bond acceptors (Lipinski definition) is 5. The second kappa shape index (κ2) is 7.09. The molecular formula is C20H13ClN2O4. The summed E-state index contributed by atoms with van der Waals surface area (Å²) in [5.41, 5.74) is 1.20. The molecule has 0 aliphatic rings. The topological polar surface area (TPSA) is 85.2 Å². The van der Waals surface area contributed by atoms with E-state index in [1.165, 1.54) is 6.07 Å². The zero-order chi connectivity index (χ0) is 18.8. The maximum Gasteiger partial charge on any atom is 0.339 e. The summed E-state index contributed by atoms with van der Waals surface area (Å²) in [5, 5.41) is 1.23. The summed E-state index contributed by atoms with van der Waals surface area (Å²) in [5.74, 6) is 0.172. The number of carbonyl (C=O) groups is 1. The number of H-pyrrole nitrogens is 1. The number of nitrogens with zero attached hydrogens (tertiary/aromatic N) is 1. The van der Waals surface area contributed by atoms with Gasteiger partial charge in [0.1, 0.15) is 0 Å². The van der Waals surface area contributed by atoms with Gasteiger partial charge >= 0.3 is 5.97 Å². The number of carbonyl (C=O) groups excluding carboxylic acids is 1. The number of aromatic amines is 1. The molecule has 4 rings (SSSR count). The van der Waals surface area contributed by atoms with Gasteiger partial charge in [0.2, 0.25) is 11.4 Å². The van der Waals surface area contributed by atoms with Crippen LogP contribution in [0.1, 0.15) is 16.2 Å². The Labute approximate surface area is 158 Å². The van der Waals surface area contributed by atoms with E-state index in [1.54, 1.807) is 54.7 Å². The highest BCUT2D eigenvalue weighted by atomic mass is 35.5. The van der Waals surface area contributed by atoms with Crippen LogP contribution in [0.4, 0.5) is 0 Å². The molecule has 4 aromatic rings. The van der Waals surface area contributed by atoms with Crippen LogP contribution in [-0.2, 0) is 11.3 Å². The Balaban J connectivity index is 1.52. The summed E-state index contributed by atoms with van der Waals surface area (Å²) in [6.45, 7) is -0.145. The first-order valence-electron chi connectivity index (χ1n) is 8.10. The SMILES string of the molecule is O=C(OCc1ncc(-c2ccc(Cl)cc2)o1)c1cc(=O)[nH]c2ccccc12. The van der Waals surface area contributed by atoms with Crippen molar-refractivity contribution in [3.63, 3.8) is 0 Å². The van der Waals surface area contributed by atoms with Crippen molar-refractivity contribution in [2.24, 2.45) is 0 Å². The van der Waals surface area contributed by atoms with Crippen LogP contribution in [-0.4, -0.2) is 15.9 Å². The summed E-state index contributed by atoms with van der Waals surface area (Å²) in [6, 6.07) is 15.4. The third kappa shape index (κ3) is 3.61. The van der Waals surface area contributed by atoms with Crippen LogP contribution in [0.3, 0.4) is 0 Å². The summed E-state index contributed by atoms with van der Waals surface area (Å²) >= 11 is 5.87. The quantitative estimate of drug-likeness (QED) is 0.536. The van der Waals surface area contributed by atoms with Crippen LogP contribution in [0.5, 0.6) is 0 Å². The molecule has 0 saturated carbocycles. The van der Waals surface area contributed by atoms with Gasteiger partial charge in [-0.05, 0) is 30.3 Å². The predicted octanol–water partition coefficient (Wildman–Crippen LogP) is 4.19. The average molecular weight is 381 g/mol. The second-order valence-corrected chi connectivity index (χ2v) is 6.23. The second-order valence-electron chi connectivity index (χ2n) is 5.79. The number of esters is 1. The fraction of sp³-hybridized carbons (Fsp3) is 0.0500. The summed E-state index contributed by atoms with van der Waals surface area (Å²) < 4.78 is 10.9. The molecule has 0 amide bonds. The predicted molar refractivity (Wildman–Crippen MR) is 101 cm³/mol. The van der Waals surface area contributed by atoms with Gasteiger partial charge in [0, 0.05) is 27.6 Å². The lowest BCUT2D eigenvalue weighted by Gasteiger charge is -2.05. The van der Waals surface area contributed by atoms with Crippen LogP contribution in [0, 0.1) is 0 Å². The van der Waals surface area contributed by atoms with E-state index in [0.29, 0.717) is 21.7 Å². The van der Waals surface area contributed by atoms with Crippen molar-refractivity contribution in [1.29, 1.82) is 0 Å². The maximum absolute atomic E-state index is 12.4. The minimum atomic E-state index is -0.622. The number of pyridine rings is 1. The number of para-hydroxylation sites is 1. The third-order valence-corrected chi connectivity index (χ3v) is 4.23. The molecule has 0 radical (unpaired) electrons. The molecule has 0 aliphatic carbocycles. The minimum absolute atomic E-state index is 0.145. The first-order chi connectivity index (χ1) is 13.1. The number of nitrogens with one attached hydrogen (secondary N) is 1. The molecule has 0 bridgehead atoms. The van der Waals surface area contributed by atoms with Gasteiger partial charge in [-0.15, -0.1) is 0 Å². The molecule has 0 saturated heterocycles. The standard InChI is InChI=1S/C20H13ClN2O4/c21-13-7-5-12(6-8-13)17-10-22-19(27-17)11-26-20(25)15-9-18(24)23-16-4-2-1-3-14(15)16/h1-10H,11H2,(H,23,24). The lowest BCUT2D eigenvalue weighted by Crippen LogP contribution is -2.13. The molecule has 6 nitrogen and oxygen atoms in total. The molecule has 2 heterocycles. The van der Waals surface area contributed by atoms with Gasteiger partial charge in [-0.2, -0.15) is 0 Å². The Morgan fingerprint density at radius 3 is 2.74 bits per heavy atom. The molecule has 0 fully saturated rings. The van der Waals surface area contributed by atoms with Crippen molar-refractivity contribution in [1.82, 2.24) is 9.97 Å². The van der Waals surface area contributed by atoms with E-state index in [1.807, 2.05) is 0 Å². The van der Waals surface area contributed by atoms with E-state index in [2.05, 4.69) is 9.97 Å². The number of fused-ring (bicyclic) bond motifs is 1. The maximum atomic E-state index is 12.4. The van der Waals surface area contributed by atoms with E-state index in [-0.39, 0.29) is 23.6 Å². The Hall–Kier alpha value is -3.38. The number of halogens is 1. The smallest absolute Gasteiger partial charge is 0.339 e. The van der Waals surface area contributed by atoms with Crippen molar-refractivity contribution in [3.05, 3.63) is 87.6 Å². The molecule has 1 N–H and O–H groups in total. The Bertz CT molecular complexity index is 1180. The highest BCUT2D eigenvalue weighted by Gasteiger charge is 2.15. The summed E-state index contributed by atoms with van der Waals surface area (Å²) in [6.07, 6.45) is 1.55. The highest BCUT2D eigenvalue weighted by molar-refractivity contribution is 6.30. The lowest BCUT2D eigenvalue weighted by molar-refractivity contribution is 0.0441. The van der Waals surface area contributed by atoms with Crippen LogP contribution in [0.15, 0.2) is 70.0 Å². The molecule has 0 spiro atoms. The zero-order valence-electron chi connectivity index (χ0n) is 13.9. The van der Waals surface area contributed by atoms with Crippen molar-refractivity contribution >= 4 is 28.5 Å². The molecule has 2 aromatic heterocycles. The van der Waals surface area contributed by atoms with Crippen molar-refractivity contribution < 1.29 is 13.9 Å². The number of oxazole rings is 1. The van der Waals surface area contributed by atoms with Crippen molar-refractivity contribution in [3.8, 4) is 11.3 Å². The molecule has 134 valence electrons. The first-order valence-corrected chi connectivity index (χ1v) is 8.48. The van der Waals surface area contributed by atoms with Crippen LogP contribution in [0.25, 0.3) is 22.2 Å². The molecule has 0 atom stereocenters. The normalized spacial score (nSPS) is 10.9. The summed E-state index contributed by atoms with van der Waals surface area (Å²) in [7, 11) is 0. The zero-order valence-corrected chi connectivity index (χ0v) is 14.7. The largest absolute Gasteiger partial charge is 0.452 e. The van der Waals surface area contributed by atoms with Crippen LogP contribution in [0.2, 0.25) is 5.02 Å². The molecular weight excluding hydrogens is 368 g/mol. The molecule has 27 heavy (non-hydrogen) atoms. The highest BCUT2D eigenvalue weighted by Crippen LogP contribution is 2.23. The van der Waals surface area contributed by atoms with Crippen molar-refractivity contribution in [2.75, 3.05) is 0 Å². The van der Waals surface area contributed by atoms with Gasteiger partial charge in [0.15, 0.2) is 12.4 Å². The minimum Gasteiger partial charge on any atom is -0.452 e. The Morgan fingerprint density at radius 2 is 1.93 bits per heavy atom. The van der Waals surface area contributed by atoms with Crippen molar-refractivity contribution in [2.45, 2.75) is 6.61 Å². The van der Waals surface area contributed by atoms with E-state index < -0.39 is 5.97 Å².